The summed E-state index contributed by atoms with van der Waals surface area (Å²) in [5.41, 5.74) is 6.67. The molecule has 0 aliphatic rings. The van der Waals surface area contributed by atoms with E-state index < -0.39 is 0 Å². The molecule has 0 fully saturated rings. The molecule has 4 nitrogen and oxygen atoms in total. The normalized spacial score (nSPS) is 12.7. The molecule has 0 radical (unpaired) electrons. The van der Waals surface area contributed by atoms with Gasteiger partial charge in [-0.05, 0) is 51.5 Å². The van der Waals surface area contributed by atoms with Crippen molar-refractivity contribution in [2.24, 2.45) is 12.9 Å². The average Bonchev–Trinajstić information content (AvgIpc) is 2.59. The Balaban J connectivity index is 2.49. The van der Waals surface area contributed by atoms with Crippen LogP contribution in [-0.2, 0) is 13.5 Å². The van der Waals surface area contributed by atoms with Crippen LogP contribution in [0.15, 0.2) is 12.7 Å². The van der Waals surface area contributed by atoms with E-state index in [1.807, 2.05) is 17.8 Å². The molecule has 3 N–H and O–H groups in total. The molecule has 18 heavy (non-hydrogen) atoms. The molecule has 0 aromatic carbocycles. The smallest absolute Gasteiger partial charge is 0.0628 e. The van der Waals surface area contributed by atoms with Crippen LogP contribution in [0.2, 0.25) is 0 Å². The van der Waals surface area contributed by atoms with Gasteiger partial charge in [0, 0.05) is 18.8 Å². The Hall–Kier alpha value is -1.13. The molecular weight excluding hydrogens is 224 g/mol. The van der Waals surface area contributed by atoms with E-state index in [1.54, 1.807) is 0 Å². The maximum absolute atomic E-state index is 5.60. The van der Waals surface area contributed by atoms with Gasteiger partial charge in [-0.3, -0.25) is 16.0 Å². The number of hydrogen-bond donors (Lipinski definition) is 2. The second-order valence-electron chi connectivity index (χ2n) is 4.89. The monoisotopic (exact) mass is 250 g/mol. The van der Waals surface area contributed by atoms with Gasteiger partial charge in [-0.25, -0.2) is 0 Å². The fraction of sp³-hybridized carbons (Fsp3) is 0.643. The average molecular weight is 250 g/mol. The lowest BCUT2D eigenvalue weighted by atomic mass is 10.0. The number of hydrazine groups is 1. The SMILES string of the molecule is C=CCCCC(CCc1c(C)nn(C)c1C)NN. The minimum Gasteiger partial charge on any atom is -0.272 e. The lowest BCUT2D eigenvalue weighted by Crippen LogP contribution is -2.35. The molecule has 1 aromatic rings. The van der Waals surface area contributed by atoms with E-state index in [4.69, 9.17) is 5.84 Å². The number of hydrogen-bond acceptors (Lipinski definition) is 3. The summed E-state index contributed by atoms with van der Waals surface area (Å²) in [5.74, 6) is 5.60. The first kappa shape index (κ1) is 14.9. The van der Waals surface area contributed by atoms with Gasteiger partial charge >= 0.3 is 0 Å². The molecule has 4 heteroatoms. The van der Waals surface area contributed by atoms with Gasteiger partial charge in [-0.15, -0.1) is 6.58 Å². The minimum atomic E-state index is 0.379. The molecular formula is C14H26N4. The molecule has 1 rings (SSSR count). The second kappa shape index (κ2) is 7.34. The highest BCUT2D eigenvalue weighted by Gasteiger charge is 2.12. The summed E-state index contributed by atoms with van der Waals surface area (Å²) in [4.78, 5) is 0. The molecule has 1 unspecified atom stereocenters. The van der Waals surface area contributed by atoms with Gasteiger partial charge in [0.1, 0.15) is 0 Å². The van der Waals surface area contributed by atoms with Crippen LogP contribution in [0.3, 0.4) is 0 Å². The summed E-state index contributed by atoms with van der Waals surface area (Å²) in [7, 11) is 1.99. The van der Waals surface area contributed by atoms with Gasteiger partial charge in [0.25, 0.3) is 0 Å². The number of rotatable bonds is 8. The van der Waals surface area contributed by atoms with Crippen LogP contribution in [0, 0.1) is 13.8 Å². The zero-order chi connectivity index (χ0) is 13.5. The number of aromatic nitrogens is 2. The molecule has 0 saturated heterocycles. The molecule has 0 saturated carbocycles. The predicted molar refractivity (Wildman–Crippen MR) is 76.2 cm³/mol. The first-order valence-electron chi connectivity index (χ1n) is 6.66. The van der Waals surface area contributed by atoms with Crippen molar-refractivity contribution in [1.29, 1.82) is 0 Å². The number of unbranched alkanes of at least 4 members (excludes halogenated alkanes) is 1. The zero-order valence-corrected chi connectivity index (χ0v) is 11.9. The van der Waals surface area contributed by atoms with Crippen molar-refractivity contribution in [3.8, 4) is 0 Å². The quantitative estimate of drug-likeness (QED) is 0.322. The standard InChI is InChI=1S/C14H26N4/c1-5-6-7-8-13(16-15)9-10-14-11(2)17-18(4)12(14)3/h5,13,16H,1,6-10,15H2,2-4H3. The molecule has 0 aliphatic carbocycles. The van der Waals surface area contributed by atoms with Crippen LogP contribution in [0.4, 0.5) is 0 Å². The van der Waals surface area contributed by atoms with Crippen LogP contribution in [0.25, 0.3) is 0 Å². The molecule has 1 heterocycles. The van der Waals surface area contributed by atoms with E-state index in [2.05, 4.69) is 31.0 Å². The number of aryl methyl sites for hydroxylation is 2. The van der Waals surface area contributed by atoms with Gasteiger partial charge < -0.3 is 0 Å². The lowest BCUT2D eigenvalue weighted by Gasteiger charge is -2.15. The minimum absolute atomic E-state index is 0.379. The Labute approximate surface area is 110 Å². The van der Waals surface area contributed by atoms with Gasteiger partial charge in [-0.1, -0.05) is 6.08 Å². The second-order valence-corrected chi connectivity index (χ2v) is 4.89. The van der Waals surface area contributed by atoms with E-state index in [1.165, 1.54) is 11.3 Å². The van der Waals surface area contributed by atoms with E-state index in [0.717, 1.165) is 37.8 Å². The third-order valence-corrected chi connectivity index (χ3v) is 3.60. The zero-order valence-electron chi connectivity index (χ0n) is 11.9. The number of nitrogens with one attached hydrogen (secondary N) is 1. The Morgan fingerprint density at radius 3 is 2.67 bits per heavy atom. The van der Waals surface area contributed by atoms with Crippen molar-refractivity contribution in [1.82, 2.24) is 15.2 Å². The van der Waals surface area contributed by atoms with Crippen LogP contribution in [0.5, 0.6) is 0 Å². The summed E-state index contributed by atoms with van der Waals surface area (Å²) < 4.78 is 1.95. The van der Waals surface area contributed by atoms with Crippen LogP contribution in [-0.4, -0.2) is 15.8 Å². The fourth-order valence-electron chi connectivity index (χ4n) is 2.32. The summed E-state index contributed by atoms with van der Waals surface area (Å²) in [5, 5.41) is 4.44. The van der Waals surface area contributed by atoms with Crippen molar-refractivity contribution in [3.05, 3.63) is 29.6 Å². The summed E-state index contributed by atoms with van der Waals surface area (Å²) in [6, 6.07) is 0.379. The van der Waals surface area contributed by atoms with E-state index in [0.29, 0.717) is 6.04 Å². The van der Waals surface area contributed by atoms with E-state index in [-0.39, 0.29) is 0 Å². The lowest BCUT2D eigenvalue weighted by molar-refractivity contribution is 0.452. The van der Waals surface area contributed by atoms with E-state index in [9.17, 15) is 0 Å². The topological polar surface area (TPSA) is 55.9 Å². The van der Waals surface area contributed by atoms with Crippen molar-refractivity contribution >= 4 is 0 Å². The summed E-state index contributed by atoms with van der Waals surface area (Å²) in [6.07, 6.45) is 7.35. The van der Waals surface area contributed by atoms with Gasteiger partial charge in [-0.2, -0.15) is 5.10 Å². The molecule has 102 valence electrons. The van der Waals surface area contributed by atoms with E-state index >= 15 is 0 Å². The third kappa shape index (κ3) is 3.96. The summed E-state index contributed by atoms with van der Waals surface area (Å²) in [6.45, 7) is 7.94. The number of allylic oxidation sites excluding steroid dienone is 1. The maximum atomic E-state index is 5.60. The molecule has 1 atom stereocenters. The van der Waals surface area contributed by atoms with Crippen molar-refractivity contribution in [2.75, 3.05) is 0 Å². The molecule has 0 aliphatic heterocycles. The third-order valence-electron chi connectivity index (χ3n) is 3.60. The first-order chi connectivity index (χ1) is 8.60. The number of nitrogens with zero attached hydrogens (tertiary/aromatic N) is 2. The Kier molecular flexibility index (Phi) is 6.09. The molecule has 0 bridgehead atoms. The van der Waals surface area contributed by atoms with Gasteiger partial charge in [0.2, 0.25) is 0 Å². The number of nitrogens with two attached hydrogens (primary N) is 1. The van der Waals surface area contributed by atoms with Gasteiger partial charge in [0.15, 0.2) is 0 Å². The maximum Gasteiger partial charge on any atom is 0.0628 e. The van der Waals surface area contributed by atoms with Gasteiger partial charge in [0.05, 0.1) is 5.69 Å². The predicted octanol–water partition coefficient (Wildman–Crippen LogP) is 2.16. The van der Waals surface area contributed by atoms with Crippen LogP contribution < -0.4 is 11.3 Å². The highest BCUT2D eigenvalue weighted by molar-refractivity contribution is 5.24. The van der Waals surface area contributed by atoms with Crippen LogP contribution >= 0.6 is 0 Å². The fourth-order valence-corrected chi connectivity index (χ4v) is 2.32. The Morgan fingerprint density at radius 1 is 1.44 bits per heavy atom. The summed E-state index contributed by atoms with van der Waals surface area (Å²) >= 11 is 0. The highest BCUT2D eigenvalue weighted by atomic mass is 15.3. The largest absolute Gasteiger partial charge is 0.272 e. The molecule has 1 aromatic heterocycles. The molecule has 0 amide bonds. The van der Waals surface area contributed by atoms with Crippen molar-refractivity contribution in [2.45, 2.75) is 52.0 Å². The Morgan fingerprint density at radius 2 is 2.17 bits per heavy atom. The van der Waals surface area contributed by atoms with Crippen molar-refractivity contribution in [3.63, 3.8) is 0 Å². The van der Waals surface area contributed by atoms with Crippen LogP contribution in [0.1, 0.15) is 42.6 Å². The first-order valence-corrected chi connectivity index (χ1v) is 6.66. The molecule has 0 spiro atoms. The highest BCUT2D eigenvalue weighted by Crippen LogP contribution is 2.16. The van der Waals surface area contributed by atoms with Crippen molar-refractivity contribution < 1.29 is 0 Å². The Bertz CT molecular complexity index is 381.